The lowest BCUT2D eigenvalue weighted by Crippen LogP contribution is -2.20. The van der Waals surface area contributed by atoms with Crippen molar-refractivity contribution in [1.29, 1.82) is 0 Å². The molecule has 140 valence electrons. The molecule has 0 aliphatic carbocycles. The fraction of sp³-hybridized carbons (Fsp3) is 0.0435. The number of para-hydroxylation sites is 2. The van der Waals surface area contributed by atoms with Crippen molar-refractivity contribution in [2.75, 3.05) is 6.61 Å². The summed E-state index contributed by atoms with van der Waals surface area (Å²) in [5.41, 5.74) is 6.27. The molecule has 5 heteroatoms. The molecule has 0 atom stereocenters. The van der Waals surface area contributed by atoms with E-state index in [-0.39, 0.29) is 12.4 Å². The molecule has 0 heterocycles. The summed E-state index contributed by atoms with van der Waals surface area (Å²) in [6.45, 7) is -0.285. The molecule has 3 rings (SSSR count). The second-order valence-electron chi connectivity index (χ2n) is 5.94. The smallest absolute Gasteiger partial charge is 0.255 e. The number of rotatable bonds is 8. The van der Waals surface area contributed by atoms with Gasteiger partial charge in [0.05, 0.1) is 5.56 Å². The molecule has 5 nitrogen and oxygen atoms in total. The first-order chi connectivity index (χ1) is 13.6. The quantitative estimate of drug-likeness (QED) is 0.473. The predicted molar refractivity (Wildman–Crippen MR) is 107 cm³/mol. The van der Waals surface area contributed by atoms with Crippen LogP contribution in [0.4, 0.5) is 0 Å². The van der Waals surface area contributed by atoms with E-state index in [0.29, 0.717) is 17.1 Å². The van der Waals surface area contributed by atoms with Gasteiger partial charge in [-0.15, -0.1) is 0 Å². The Balaban J connectivity index is 1.73. The van der Waals surface area contributed by atoms with E-state index in [0.717, 1.165) is 11.3 Å². The monoisotopic (exact) mass is 373 g/mol. The summed E-state index contributed by atoms with van der Waals surface area (Å²) < 4.78 is 11.1. The molecular weight excluding hydrogens is 354 g/mol. The van der Waals surface area contributed by atoms with Crippen LogP contribution in [0.1, 0.15) is 15.9 Å². The molecule has 0 saturated carbocycles. The van der Waals surface area contributed by atoms with E-state index in [4.69, 9.17) is 15.2 Å². The van der Waals surface area contributed by atoms with Gasteiger partial charge in [-0.05, 0) is 48.0 Å². The van der Waals surface area contributed by atoms with Gasteiger partial charge in [0.25, 0.3) is 5.91 Å². The Hall–Kier alpha value is -3.86. The molecule has 3 aromatic rings. The number of hydrogen-bond donors (Lipinski definition) is 1. The highest BCUT2D eigenvalue weighted by atomic mass is 16.5. The molecule has 0 saturated heterocycles. The lowest BCUT2D eigenvalue weighted by Gasteiger charge is -2.08. The van der Waals surface area contributed by atoms with Gasteiger partial charge in [0.2, 0.25) is 0 Å². The van der Waals surface area contributed by atoms with Crippen LogP contribution in [0.25, 0.3) is 6.08 Å². The second-order valence-corrected chi connectivity index (χ2v) is 5.94. The molecule has 0 aliphatic rings. The van der Waals surface area contributed by atoms with Crippen molar-refractivity contribution in [2.45, 2.75) is 0 Å². The Morgan fingerprint density at radius 3 is 2.36 bits per heavy atom. The maximum atomic E-state index is 12.5. The fourth-order valence-corrected chi connectivity index (χ4v) is 2.51. The molecular formula is C23H19NO4. The largest absolute Gasteiger partial charge is 0.483 e. The van der Waals surface area contributed by atoms with Crippen LogP contribution in [0, 0.1) is 0 Å². The van der Waals surface area contributed by atoms with Crippen LogP contribution in [0.15, 0.2) is 84.9 Å². The highest BCUT2D eigenvalue weighted by Gasteiger charge is 2.10. The van der Waals surface area contributed by atoms with Crippen molar-refractivity contribution in [2.24, 2.45) is 5.73 Å². The molecule has 2 N–H and O–H groups in total. The molecule has 0 aliphatic heterocycles. The van der Waals surface area contributed by atoms with E-state index in [9.17, 15) is 9.59 Å². The first-order valence-corrected chi connectivity index (χ1v) is 8.67. The van der Waals surface area contributed by atoms with Crippen LogP contribution in [-0.4, -0.2) is 18.3 Å². The molecule has 0 bridgehead atoms. The zero-order valence-electron chi connectivity index (χ0n) is 15.1. The zero-order valence-corrected chi connectivity index (χ0v) is 15.1. The third kappa shape index (κ3) is 5.32. The molecule has 0 spiro atoms. The van der Waals surface area contributed by atoms with Crippen molar-refractivity contribution < 1.29 is 19.1 Å². The molecule has 3 aromatic carbocycles. The number of nitrogens with two attached hydrogens (primary N) is 1. The predicted octanol–water partition coefficient (Wildman–Crippen LogP) is 4.24. The number of hydrogen-bond acceptors (Lipinski definition) is 4. The number of ether oxygens (including phenoxy) is 2. The Morgan fingerprint density at radius 2 is 1.57 bits per heavy atom. The van der Waals surface area contributed by atoms with Crippen LogP contribution >= 0.6 is 0 Å². The van der Waals surface area contributed by atoms with Crippen LogP contribution in [0.5, 0.6) is 17.2 Å². The number of amides is 1. The van der Waals surface area contributed by atoms with E-state index in [2.05, 4.69) is 0 Å². The van der Waals surface area contributed by atoms with Gasteiger partial charge in [0.15, 0.2) is 12.4 Å². The van der Waals surface area contributed by atoms with Gasteiger partial charge in [0.1, 0.15) is 17.2 Å². The third-order valence-electron chi connectivity index (χ3n) is 3.79. The normalized spacial score (nSPS) is 10.6. The number of primary amides is 1. The number of carbonyl (C=O) groups excluding carboxylic acids is 2. The molecule has 0 aromatic heterocycles. The lowest BCUT2D eigenvalue weighted by molar-refractivity contribution is -0.119. The first kappa shape index (κ1) is 18.9. The standard InChI is InChI=1S/C23H19NO4/c24-23(26)16-27-22-12-5-4-11-20(22)21(25)14-13-17-7-6-10-19(15-17)28-18-8-2-1-3-9-18/h1-15H,16H2,(H2,24,26)/b14-13+. The van der Waals surface area contributed by atoms with E-state index < -0.39 is 5.91 Å². The van der Waals surface area contributed by atoms with Gasteiger partial charge in [0, 0.05) is 0 Å². The molecule has 1 amide bonds. The average Bonchev–Trinajstić information content (AvgIpc) is 2.72. The van der Waals surface area contributed by atoms with Crippen LogP contribution in [0.3, 0.4) is 0 Å². The Bertz CT molecular complexity index is 996. The van der Waals surface area contributed by atoms with E-state index in [1.54, 1.807) is 30.3 Å². The highest BCUT2D eigenvalue weighted by Crippen LogP contribution is 2.23. The van der Waals surface area contributed by atoms with Gasteiger partial charge in [-0.3, -0.25) is 9.59 Å². The van der Waals surface area contributed by atoms with Gasteiger partial charge in [-0.2, -0.15) is 0 Å². The van der Waals surface area contributed by atoms with Crippen molar-refractivity contribution >= 4 is 17.8 Å². The van der Waals surface area contributed by atoms with E-state index in [1.807, 2.05) is 54.6 Å². The summed E-state index contributed by atoms with van der Waals surface area (Å²) in [5, 5.41) is 0. The number of ketones is 1. The summed E-state index contributed by atoms with van der Waals surface area (Å²) in [6, 6.07) is 23.6. The van der Waals surface area contributed by atoms with Gasteiger partial charge in [-0.25, -0.2) is 0 Å². The van der Waals surface area contributed by atoms with Crippen molar-refractivity contribution in [3.8, 4) is 17.2 Å². The SMILES string of the molecule is NC(=O)COc1ccccc1C(=O)/C=C/c1cccc(Oc2ccccc2)c1. The number of carbonyl (C=O) groups is 2. The van der Waals surface area contributed by atoms with E-state index in [1.165, 1.54) is 6.08 Å². The summed E-state index contributed by atoms with van der Waals surface area (Å²) in [6.07, 6.45) is 3.15. The summed E-state index contributed by atoms with van der Waals surface area (Å²) in [5.74, 6) is 0.880. The number of benzene rings is 3. The molecule has 28 heavy (non-hydrogen) atoms. The fourth-order valence-electron chi connectivity index (χ4n) is 2.51. The molecule has 0 radical (unpaired) electrons. The second kappa shape index (κ2) is 9.19. The topological polar surface area (TPSA) is 78.6 Å². The highest BCUT2D eigenvalue weighted by molar-refractivity contribution is 6.08. The van der Waals surface area contributed by atoms with Crippen molar-refractivity contribution in [3.63, 3.8) is 0 Å². The van der Waals surface area contributed by atoms with Crippen molar-refractivity contribution in [1.82, 2.24) is 0 Å². The third-order valence-corrected chi connectivity index (χ3v) is 3.79. The van der Waals surface area contributed by atoms with E-state index >= 15 is 0 Å². The molecule has 0 unspecified atom stereocenters. The molecule has 0 fully saturated rings. The Kier molecular flexibility index (Phi) is 6.21. The van der Waals surface area contributed by atoms with Crippen LogP contribution in [-0.2, 0) is 4.79 Å². The van der Waals surface area contributed by atoms with Crippen LogP contribution in [0.2, 0.25) is 0 Å². The van der Waals surface area contributed by atoms with Crippen LogP contribution < -0.4 is 15.2 Å². The van der Waals surface area contributed by atoms with Gasteiger partial charge < -0.3 is 15.2 Å². The summed E-state index contributed by atoms with van der Waals surface area (Å²) in [7, 11) is 0. The lowest BCUT2D eigenvalue weighted by atomic mass is 10.1. The number of allylic oxidation sites excluding steroid dienone is 1. The van der Waals surface area contributed by atoms with Crippen molar-refractivity contribution in [3.05, 3.63) is 96.1 Å². The van der Waals surface area contributed by atoms with Gasteiger partial charge >= 0.3 is 0 Å². The maximum Gasteiger partial charge on any atom is 0.255 e. The summed E-state index contributed by atoms with van der Waals surface area (Å²) >= 11 is 0. The minimum absolute atomic E-state index is 0.241. The minimum atomic E-state index is -0.604. The van der Waals surface area contributed by atoms with Gasteiger partial charge in [-0.1, -0.05) is 48.5 Å². The average molecular weight is 373 g/mol. The maximum absolute atomic E-state index is 12.5. The Morgan fingerprint density at radius 1 is 0.857 bits per heavy atom. The Labute approximate surface area is 163 Å². The minimum Gasteiger partial charge on any atom is -0.483 e. The first-order valence-electron chi connectivity index (χ1n) is 8.67. The summed E-state index contributed by atoms with van der Waals surface area (Å²) in [4.78, 5) is 23.5. The zero-order chi connectivity index (χ0) is 19.8.